The van der Waals surface area contributed by atoms with Crippen molar-refractivity contribution < 1.29 is 13.5 Å². The lowest BCUT2D eigenvalue weighted by molar-refractivity contribution is 0.381. The van der Waals surface area contributed by atoms with Crippen molar-refractivity contribution in [3.05, 3.63) is 86.6 Å². The quantitative estimate of drug-likeness (QED) is 0.524. The van der Waals surface area contributed by atoms with Gasteiger partial charge in [-0.2, -0.15) is 0 Å². The van der Waals surface area contributed by atoms with E-state index in [-0.39, 0.29) is 17.0 Å². The summed E-state index contributed by atoms with van der Waals surface area (Å²) in [5.41, 5.74) is -0.0843. The number of primary sulfonamides is 1. The molecule has 0 radical (unpaired) electrons. The van der Waals surface area contributed by atoms with Crippen LogP contribution in [0.25, 0.3) is 0 Å². The summed E-state index contributed by atoms with van der Waals surface area (Å²) in [6.45, 7) is 3.58. The highest BCUT2D eigenvalue weighted by molar-refractivity contribution is 7.89. The molecule has 32 heavy (non-hydrogen) atoms. The Hall–Kier alpha value is -3.50. The lowest BCUT2D eigenvalue weighted by atomic mass is 10.1. The third-order valence-corrected chi connectivity index (χ3v) is 5.80. The smallest absolute Gasteiger partial charge is 0.334 e. The molecular formula is C22H24N4O5S. The van der Waals surface area contributed by atoms with Crippen LogP contribution < -0.4 is 16.4 Å². The molecule has 168 valence electrons. The van der Waals surface area contributed by atoms with Crippen LogP contribution in [0.15, 0.2) is 74.1 Å². The van der Waals surface area contributed by atoms with Gasteiger partial charge in [-0.25, -0.2) is 18.4 Å². The maximum atomic E-state index is 12.9. The molecule has 1 aromatic heterocycles. The van der Waals surface area contributed by atoms with Crippen LogP contribution in [0.4, 0.5) is 5.69 Å². The lowest BCUT2D eigenvalue weighted by Crippen LogP contribution is -2.42. The van der Waals surface area contributed by atoms with Crippen LogP contribution >= 0.6 is 0 Å². The van der Waals surface area contributed by atoms with Crippen LogP contribution in [0.1, 0.15) is 31.0 Å². The van der Waals surface area contributed by atoms with E-state index in [2.05, 4.69) is 4.99 Å². The zero-order chi connectivity index (χ0) is 23.5. The van der Waals surface area contributed by atoms with Crippen LogP contribution in [0, 0.1) is 0 Å². The highest BCUT2D eigenvalue weighted by Gasteiger charge is 2.19. The Labute approximate surface area is 185 Å². The number of aliphatic imine (C=N–C) groups is 1. The Morgan fingerprint density at radius 3 is 2.25 bits per heavy atom. The van der Waals surface area contributed by atoms with E-state index in [1.165, 1.54) is 30.5 Å². The van der Waals surface area contributed by atoms with Gasteiger partial charge in [-0.05, 0) is 50.1 Å². The van der Waals surface area contributed by atoms with E-state index < -0.39 is 33.2 Å². The Kier molecular flexibility index (Phi) is 6.75. The van der Waals surface area contributed by atoms with Crippen LogP contribution in [0.5, 0.6) is 5.88 Å². The van der Waals surface area contributed by atoms with Crippen molar-refractivity contribution in [2.24, 2.45) is 10.1 Å². The molecule has 3 aromatic rings. The summed E-state index contributed by atoms with van der Waals surface area (Å²) >= 11 is 0. The van der Waals surface area contributed by atoms with Crippen molar-refractivity contribution in [2.45, 2.75) is 37.8 Å². The van der Waals surface area contributed by atoms with Gasteiger partial charge in [0, 0.05) is 18.8 Å². The van der Waals surface area contributed by atoms with E-state index in [9.17, 15) is 23.1 Å². The highest BCUT2D eigenvalue weighted by atomic mass is 32.2. The summed E-state index contributed by atoms with van der Waals surface area (Å²) in [6.07, 6.45) is 1.65. The largest absolute Gasteiger partial charge is 0.494 e. The molecule has 1 heterocycles. The van der Waals surface area contributed by atoms with Gasteiger partial charge in [-0.3, -0.25) is 18.9 Å². The Morgan fingerprint density at radius 1 is 1.06 bits per heavy atom. The molecule has 0 atom stereocenters. The molecule has 0 bridgehead atoms. The van der Waals surface area contributed by atoms with E-state index in [0.717, 1.165) is 14.7 Å². The lowest BCUT2D eigenvalue weighted by Gasteiger charge is -2.16. The van der Waals surface area contributed by atoms with Crippen molar-refractivity contribution >= 4 is 21.9 Å². The number of hydrogen-bond acceptors (Lipinski definition) is 6. The second kappa shape index (κ2) is 9.33. The summed E-state index contributed by atoms with van der Waals surface area (Å²) in [7, 11) is -3.84. The first kappa shape index (κ1) is 23.2. The SMILES string of the molecule is CC(C)n1c(=O)c(C=Nc2ccc(S(N)(=O)=O)cc2)c(O)n(CCc2ccccc2)c1=O. The molecular weight excluding hydrogens is 432 g/mol. The predicted molar refractivity (Wildman–Crippen MR) is 122 cm³/mol. The molecule has 3 rings (SSSR count). The Balaban J connectivity index is 2.03. The van der Waals surface area contributed by atoms with Gasteiger partial charge in [-0.15, -0.1) is 0 Å². The molecule has 0 unspecified atom stereocenters. The first-order valence-corrected chi connectivity index (χ1v) is 11.4. The molecule has 0 aliphatic carbocycles. The fourth-order valence-corrected chi connectivity index (χ4v) is 3.71. The van der Waals surface area contributed by atoms with E-state index in [4.69, 9.17) is 5.14 Å². The number of hydrogen-bond donors (Lipinski definition) is 2. The standard InChI is InChI=1S/C22H24N4O5S/c1-15(2)26-21(28)19(14-24-17-8-10-18(11-9-17)32(23,30)31)20(27)25(22(26)29)13-12-16-6-4-3-5-7-16/h3-11,14-15,27H,12-13H2,1-2H3,(H2,23,30,31). The molecule has 9 nitrogen and oxygen atoms in total. The minimum atomic E-state index is -3.84. The number of nitrogens with two attached hydrogens (primary N) is 1. The van der Waals surface area contributed by atoms with E-state index >= 15 is 0 Å². The normalized spacial score (nSPS) is 12.0. The number of aromatic nitrogens is 2. The van der Waals surface area contributed by atoms with Crippen LogP contribution in [-0.2, 0) is 23.0 Å². The van der Waals surface area contributed by atoms with Gasteiger partial charge in [0.25, 0.3) is 5.56 Å². The van der Waals surface area contributed by atoms with Gasteiger partial charge in [0.15, 0.2) is 0 Å². The maximum absolute atomic E-state index is 12.9. The van der Waals surface area contributed by atoms with Crippen molar-refractivity contribution in [1.29, 1.82) is 0 Å². The van der Waals surface area contributed by atoms with Crippen LogP contribution in [-0.4, -0.2) is 28.9 Å². The van der Waals surface area contributed by atoms with Gasteiger partial charge >= 0.3 is 5.69 Å². The van der Waals surface area contributed by atoms with Gasteiger partial charge < -0.3 is 5.11 Å². The first-order chi connectivity index (χ1) is 15.1. The molecule has 0 saturated heterocycles. The third-order valence-electron chi connectivity index (χ3n) is 4.87. The van der Waals surface area contributed by atoms with Gasteiger partial charge in [0.1, 0.15) is 5.56 Å². The highest BCUT2D eigenvalue weighted by Crippen LogP contribution is 2.17. The zero-order valence-electron chi connectivity index (χ0n) is 17.7. The Morgan fingerprint density at radius 2 is 1.69 bits per heavy atom. The second-order valence-electron chi connectivity index (χ2n) is 7.47. The zero-order valence-corrected chi connectivity index (χ0v) is 18.5. The van der Waals surface area contributed by atoms with Crippen LogP contribution in [0.2, 0.25) is 0 Å². The molecule has 0 spiro atoms. The van der Waals surface area contributed by atoms with Gasteiger partial charge in [-0.1, -0.05) is 30.3 Å². The molecule has 3 N–H and O–H groups in total. The number of aromatic hydroxyl groups is 1. The van der Waals surface area contributed by atoms with E-state index in [1.807, 2.05) is 30.3 Å². The van der Waals surface area contributed by atoms with E-state index in [0.29, 0.717) is 12.1 Å². The number of rotatable bonds is 7. The topological polar surface area (TPSA) is 137 Å². The second-order valence-corrected chi connectivity index (χ2v) is 9.03. The number of aryl methyl sites for hydroxylation is 1. The molecule has 0 fully saturated rings. The molecule has 0 aliphatic rings. The average Bonchev–Trinajstić information content (AvgIpc) is 2.73. The fourth-order valence-electron chi connectivity index (χ4n) is 3.19. The van der Waals surface area contributed by atoms with Crippen molar-refractivity contribution in [3.8, 4) is 5.88 Å². The molecule has 2 aromatic carbocycles. The number of nitrogens with zero attached hydrogens (tertiary/aromatic N) is 3. The first-order valence-electron chi connectivity index (χ1n) is 9.88. The van der Waals surface area contributed by atoms with Gasteiger partial charge in [0.2, 0.25) is 15.9 Å². The number of benzene rings is 2. The minimum Gasteiger partial charge on any atom is -0.494 e. The molecule has 10 heteroatoms. The van der Waals surface area contributed by atoms with Crippen LogP contribution in [0.3, 0.4) is 0 Å². The monoisotopic (exact) mass is 456 g/mol. The summed E-state index contributed by atoms with van der Waals surface area (Å²) in [4.78, 5) is 29.9. The van der Waals surface area contributed by atoms with Gasteiger partial charge in [0.05, 0.1) is 10.6 Å². The third kappa shape index (κ3) is 5.04. The molecule has 0 amide bonds. The van der Waals surface area contributed by atoms with Crippen molar-refractivity contribution in [2.75, 3.05) is 0 Å². The average molecular weight is 457 g/mol. The number of sulfonamides is 1. The fraction of sp³-hybridized carbons (Fsp3) is 0.227. The maximum Gasteiger partial charge on any atom is 0.334 e. The summed E-state index contributed by atoms with van der Waals surface area (Å²) < 4.78 is 25.0. The summed E-state index contributed by atoms with van der Waals surface area (Å²) in [6, 6.07) is 14.4. The van der Waals surface area contributed by atoms with E-state index in [1.54, 1.807) is 13.8 Å². The van der Waals surface area contributed by atoms with Crippen molar-refractivity contribution in [1.82, 2.24) is 9.13 Å². The minimum absolute atomic E-state index is 0.0732. The molecule has 0 saturated carbocycles. The predicted octanol–water partition coefficient (Wildman–Crippen LogP) is 1.94. The van der Waals surface area contributed by atoms with Crippen molar-refractivity contribution in [3.63, 3.8) is 0 Å². The summed E-state index contributed by atoms with van der Waals surface area (Å²) in [5, 5.41) is 15.8. The summed E-state index contributed by atoms with van der Waals surface area (Å²) in [5.74, 6) is -0.474. The molecule has 0 aliphatic heterocycles. The Bertz CT molecular complexity index is 1360.